The summed E-state index contributed by atoms with van der Waals surface area (Å²) in [4.78, 5) is 8.28. The molecule has 8 nitrogen and oxygen atoms in total. The first-order valence-corrected chi connectivity index (χ1v) is 13.7. The number of nitriles is 1. The highest BCUT2D eigenvalue weighted by molar-refractivity contribution is 7.92. The molecule has 0 atom stereocenters. The Labute approximate surface area is 210 Å². The fourth-order valence-electron chi connectivity index (χ4n) is 4.63. The largest absolute Gasteiger partial charge is 0.424 e. The van der Waals surface area contributed by atoms with Crippen molar-refractivity contribution in [2.75, 3.05) is 10.5 Å². The number of rotatable bonds is 8. The second-order valence-corrected chi connectivity index (χ2v) is 10.9. The predicted molar refractivity (Wildman–Crippen MR) is 140 cm³/mol. The zero-order valence-electron chi connectivity index (χ0n) is 20.2. The predicted octanol–water partition coefficient (Wildman–Crippen LogP) is 5.95. The molecule has 1 aliphatic carbocycles. The summed E-state index contributed by atoms with van der Waals surface area (Å²) in [6.07, 6.45) is 6.99. The highest BCUT2D eigenvalue weighted by Gasteiger charge is 2.28. The van der Waals surface area contributed by atoms with E-state index in [2.05, 4.69) is 25.3 Å². The van der Waals surface area contributed by atoms with Gasteiger partial charge >= 0.3 is 6.01 Å². The quantitative estimate of drug-likeness (QED) is 0.320. The van der Waals surface area contributed by atoms with E-state index in [1.165, 1.54) is 0 Å². The molecule has 5 rings (SSSR count). The van der Waals surface area contributed by atoms with Crippen LogP contribution in [0.1, 0.15) is 49.8 Å². The van der Waals surface area contributed by atoms with Gasteiger partial charge in [0.1, 0.15) is 11.8 Å². The van der Waals surface area contributed by atoms with Crippen molar-refractivity contribution in [2.24, 2.45) is 0 Å². The lowest BCUT2D eigenvalue weighted by molar-refractivity contribution is 0.324. The van der Waals surface area contributed by atoms with Gasteiger partial charge in [0.2, 0.25) is 10.0 Å². The fraction of sp³-hybridized carbons (Fsp3) is 0.296. The van der Waals surface area contributed by atoms with E-state index < -0.39 is 10.0 Å². The van der Waals surface area contributed by atoms with Crippen LogP contribution in [-0.4, -0.2) is 28.7 Å². The van der Waals surface area contributed by atoms with Gasteiger partial charge in [0.15, 0.2) is 0 Å². The van der Waals surface area contributed by atoms with Crippen molar-refractivity contribution >= 4 is 26.6 Å². The van der Waals surface area contributed by atoms with E-state index in [0.717, 1.165) is 47.0 Å². The van der Waals surface area contributed by atoms with Crippen LogP contribution in [0.2, 0.25) is 0 Å². The second-order valence-electron chi connectivity index (χ2n) is 9.05. The molecule has 0 bridgehead atoms. The molecule has 1 saturated carbocycles. The number of ether oxygens (including phenoxy) is 1. The Morgan fingerprint density at radius 3 is 2.58 bits per heavy atom. The second kappa shape index (κ2) is 9.63. The summed E-state index contributed by atoms with van der Waals surface area (Å²) in [6.45, 7) is 3.71. The van der Waals surface area contributed by atoms with Crippen LogP contribution >= 0.6 is 0 Å². The van der Waals surface area contributed by atoms with Gasteiger partial charge in [-0.15, -0.1) is 0 Å². The number of nitrogens with zero attached hydrogens (tertiary/aromatic N) is 4. The van der Waals surface area contributed by atoms with Crippen LogP contribution in [0.3, 0.4) is 0 Å². The normalized spacial score (nSPS) is 13.8. The molecule has 9 heteroatoms. The monoisotopic (exact) mass is 501 g/mol. The van der Waals surface area contributed by atoms with Crippen LogP contribution < -0.4 is 9.46 Å². The van der Waals surface area contributed by atoms with Crippen molar-refractivity contribution in [3.8, 4) is 29.1 Å². The number of aryl methyl sites for hydroxylation is 1. The molecule has 0 aliphatic heterocycles. The molecule has 4 aromatic rings. The summed E-state index contributed by atoms with van der Waals surface area (Å²) in [6, 6.07) is 16.0. The van der Waals surface area contributed by atoms with E-state index in [4.69, 9.17) is 4.74 Å². The molecule has 0 saturated heterocycles. The van der Waals surface area contributed by atoms with E-state index in [0.29, 0.717) is 23.4 Å². The van der Waals surface area contributed by atoms with E-state index in [9.17, 15) is 13.7 Å². The van der Waals surface area contributed by atoms with Crippen LogP contribution in [0.5, 0.6) is 11.8 Å². The minimum atomic E-state index is -3.40. The number of nitrogens with one attached hydrogen (secondary N) is 1. The van der Waals surface area contributed by atoms with Crippen molar-refractivity contribution in [1.82, 2.24) is 14.5 Å². The lowest BCUT2D eigenvalue weighted by Crippen LogP contribution is -2.18. The molecule has 2 aromatic heterocycles. The van der Waals surface area contributed by atoms with Gasteiger partial charge in [0.25, 0.3) is 0 Å². The van der Waals surface area contributed by atoms with Gasteiger partial charge in [-0.25, -0.2) is 18.4 Å². The minimum Gasteiger partial charge on any atom is -0.424 e. The van der Waals surface area contributed by atoms with Crippen LogP contribution in [0.15, 0.2) is 54.9 Å². The van der Waals surface area contributed by atoms with Gasteiger partial charge in [-0.1, -0.05) is 13.0 Å². The average Bonchev–Trinajstić information content (AvgIpc) is 3.13. The number of anilines is 1. The van der Waals surface area contributed by atoms with Gasteiger partial charge in [-0.2, -0.15) is 5.26 Å². The summed E-state index contributed by atoms with van der Waals surface area (Å²) in [5.74, 6) is 0.667. The molecule has 1 N–H and O–H groups in total. The average molecular weight is 502 g/mol. The Kier molecular flexibility index (Phi) is 6.37. The summed E-state index contributed by atoms with van der Waals surface area (Å²) in [5, 5.41) is 11.1. The molecule has 0 radical (unpaired) electrons. The Hall–Kier alpha value is -3.90. The maximum atomic E-state index is 12.3. The summed E-state index contributed by atoms with van der Waals surface area (Å²) in [7, 11) is -3.40. The molecule has 36 heavy (non-hydrogen) atoms. The Balaban J connectivity index is 1.62. The lowest BCUT2D eigenvalue weighted by Gasteiger charge is -2.30. The molecule has 2 aromatic carbocycles. The third kappa shape index (κ3) is 4.52. The van der Waals surface area contributed by atoms with Gasteiger partial charge in [-0.3, -0.25) is 4.72 Å². The maximum absolute atomic E-state index is 12.3. The Morgan fingerprint density at radius 2 is 1.94 bits per heavy atom. The first kappa shape index (κ1) is 23.8. The molecular weight excluding hydrogens is 474 g/mol. The molecule has 1 aliphatic rings. The highest BCUT2D eigenvalue weighted by atomic mass is 32.2. The van der Waals surface area contributed by atoms with E-state index >= 15 is 0 Å². The molecule has 0 unspecified atom stereocenters. The van der Waals surface area contributed by atoms with Gasteiger partial charge in [-0.05, 0) is 74.1 Å². The topological polar surface area (TPSA) is 110 Å². The van der Waals surface area contributed by atoms with Crippen molar-refractivity contribution in [1.29, 1.82) is 5.26 Å². The number of hydrogen-bond donors (Lipinski definition) is 1. The number of benzene rings is 2. The number of aromatic nitrogens is 3. The molecular formula is C27H27N5O3S. The maximum Gasteiger partial charge on any atom is 0.321 e. The SMILES string of the molecule is CCCS(=O)(=O)Nc1ccc(-c2c(C#N)c3ccc(Oc4ncccn4)cc3n2C2CCC2)cc1C. The minimum absolute atomic E-state index is 0.0706. The smallest absolute Gasteiger partial charge is 0.321 e. The van der Waals surface area contributed by atoms with Gasteiger partial charge in [0.05, 0.1) is 28.2 Å². The molecule has 0 amide bonds. The lowest BCUT2D eigenvalue weighted by atomic mass is 9.92. The third-order valence-corrected chi connectivity index (χ3v) is 7.99. The van der Waals surface area contributed by atoms with Crippen LogP contribution in [0.4, 0.5) is 5.69 Å². The molecule has 0 spiro atoms. The van der Waals surface area contributed by atoms with Crippen molar-refractivity contribution < 1.29 is 13.2 Å². The van der Waals surface area contributed by atoms with Crippen molar-refractivity contribution in [3.63, 3.8) is 0 Å². The number of sulfonamides is 1. The Morgan fingerprint density at radius 1 is 1.17 bits per heavy atom. The van der Waals surface area contributed by atoms with Crippen LogP contribution in [0, 0.1) is 18.3 Å². The first-order valence-electron chi connectivity index (χ1n) is 12.0. The fourth-order valence-corrected chi connectivity index (χ4v) is 5.83. The number of hydrogen-bond acceptors (Lipinski definition) is 6. The molecule has 2 heterocycles. The third-order valence-electron chi connectivity index (χ3n) is 6.52. The van der Waals surface area contributed by atoms with Crippen LogP contribution in [-0.2, 0) is 10.0 Å². The van der Waals surface area contributed by atoms with E-state index in [1.54, 1.807) is 24.5 Å². The van der Waals surface area contributed by atoms with Gasteiger partial charge in [0, 0.05) is 29.9 Å². The van der Waals surface area contributed by atoms with E-state index in [-0.39, 0.29) is 17.8 Å². The van der Waals surface area contributed by atoms with Crippen molar-refractivity contribution in [3.05, 3.63) is 66.0 Å². The van der Waals surface area contributed by atoms with Crippen LogP contribution in [0.25, 0.3) is 22.2 Å². The van der Waals surface area contributed by atoms with Gasteiger partial charge < -0.3 is 9.30 Å². The molecule has 184 valence electrons. The zero-order valence-corrected chi connectivity index (χ0v) is 21.0. The Bertz CT molecular complexity index is 1570. The van der Waals surface area contributed by atoms with Crippen molar-refractivity contribution in [2.45, 2.75) is 45.6 Å². The van der Waals surface area contributed by atoms with E-state index in [1.807, 2.05) is 44.2 Å². The molecule has 1 fully saturated rings. The zero-order chi connectivity index (χ0) is 25.3. The summed E-state index contributed by atoms with van der Waals surface area (Å²) < 4.78 is 35.4. The number of fused-ring (bicyclic) bond motifs is 1. The highest BCUT2D eigenvalue weighted by Crippen LogP contribution is 2.44. The summed E-state index contributed by atoms with van der Waals surface area (Å²) in [5.41, 5.74) is 4.58. The summed E-state index contributed by atoms with van der Waals surface area (Å²) >= 11 is 0. The first-order chi connectivity index (χ1) is 17.4. The standard InChI is InChI=1S/C27H27N5O3S/c1-3-14-36(33,34)31-24-11-8-19(15-18(24)2)26-23(17-28)22-10-9-21(35-27-29-12-5-13-30-27)16-25(22)32(26)20-6-4-7-20/h5,8-13,15-16,20,31H,3-4,6-7,14H2,1-2H3.